The predicted molar refractivity (Wildman–Crippen MR) is 87.3 cm³/mol. The Hall–Kier alpha value is -0.930. The summed E-state index contributed by atoms with van der Waals surface area (Å²) in [4.78, 5) is 7.32. The molecule has 2 fully saturated rings. The number of hydrogen-bond acceptors (Lipinski definition) is 3. The lowest BCUT2D eigenvalue weighted by molar-refractivity contribution is 0.0918. The Morgan fingerprint density at radius 1 is 1.19 bits per heavy atom. The molecular weight excluding hydrogens is 258 g/mol. The minimum Gasteiger partial charge on any atom is -0.326 e. The monoisotopic (exact) mass is 287 g/mol. The number of aromatic nitrogens is 1. The van der Waals surface area contributed by atoms with Gasteiger partial charge in [0.1, 0.15) is 0 Å². The molecule has 2 N–H and O–H groups in total. The molecule has 3 nitrogen and oxygen atoms in total. The molecule has 1 aromatic heterocycles. The highest BCUT2D eigenvalue weighted by atomic mass is 15.2. The van der Waals surface area contributed by atoms with Crippen molar-refractivity contribution in [1.82, 2.24) is 9.88 Å². The standard InChI is InChI=1S/C18H29N3/c1-2-15-7-8-16(20-14-15)13-17(19)18(9-3-4-10-18)21-11-5-6-12-21/h7-8,14,17H,2-6,9-13,19H2,1H3. The summed E-state index contributed by atoms with van der Waals surface area (Å²) in [5, 5.41) is 0. The lowest BCUT2D eigenvalue weighted by atomic mass is 9.84. The van der Waals surface area contributed by atoms with Gasteiger partial charge in [-0.2, -0.15) is 0 Å². The average Bonchev–Trinajstić information content (AvgIpc) is 3.19. The van der Waals surface area contributed by atoms with E-state index >= 15 is 0 Å². The molecule has 116 valence electrons. The number of nitrogens with zero attached hydrogens (tertiary/aromatic N) is 2. The predicted octanol–water partition coefficient (Wildman–Crippen LogP) is 2.92. The summed E-state index contributed by atoms with van der Waals surface area (Å²) in [6.07, 6.45) is 11.9. The Morgan fingerprint density at radius 2 is 1.90 bits per heavy atom. The van der Waals surface area contributed by atoms with Gasteiger partial charge in [-0.1, -0.05) is 25.8 Å². The van der Waals surface area contributed by atoms with Crippen molar-refractivity contribution in [3.05, 3.63) is 29.6 Å². The van der Waals surface area contributed by atoms with E-state index in [2.05, 4.69) is 28.9 Å². The lowest BCUT2D eigenvalue weighted by Gasteiger charge is -2.43. The first-order valence-corrected chi connectivity index (χ1v) is 8.69. The van der Waals surface area contributed by atoms with Gasteiger partial charge in [0.25, 0.3) is 0 Å². The van der Waals surface area contributed by atoms with E-state index in [0.29, 0.717) is 0 Å². The topological polar surface area (TPSA) is 42.1 Å². The number of likely N-dealkylation sites (tertiary alicyclic amines) is 1. The molecule has 21 heavy (non-hydrogen) atoms. The van der Waals surface area contributed by atoms with Crippen LogP contribution >= 0.6 is 0 Å². The van der Waals surface area contributed by atoms with Crippen LogP contribution in [0.5, 0.6) is 0 Å². The van der Waals surface area contributed by atoms with Gasteiger partial charge in [-0.05, 0) is 56.8 Å². The van der Waals surface area contributed by atoms with Crippen LogP contribution in [0, 0.1) is 0 Å². The molecule has 1 unspecified atom stereocenters. The third-order valence-electron chi connectivity index (χ3n) is 5.62. The zero-order valence-electron chi connectivity index (χ0n) is 13.4. The maximum Gasteiger partial charge on any atom is 0.0419 e. The van der Waals surface area contributed by atoms with E-state index in [1.54, 1.807) is 0 Å². The molecule has 2 aliphatic rings. The Labute approximate surface area is 128 Å². The molecular formula is C18H29N3. The summed E-state index contributed by atoms with van der Waals surface area (Å²) >= 11 is 0. The molecule has 0 aromatic carbocycles. The molecule has 3 heteroatoms. The smallest absolute Gasteiger partial charge is 0.0419 e. The van der Waals surface area contributed by atoms with Crippen molar-refractivity contribution in [2.75, 3.05) is 13.1 Å². The highest BCUT2D eigenvalue weighted by Crippen LogP contribution is 2.40. The molecule has 0 bridgehead atoms. The number of rotatable bonds is 5. The molecule has 0 amide bonds. The van der Waals surface area contributed by atoms with Crippen LogP contribution in [0.2, 0.25) is 0 Å². The minimum absolute atomic E-state index is 0.220. The molecule has 1 aliphatic heterocycles. The fraction of sp³-hybridized carbons (Fsp3) is 0.722. The second-order valence-corrected chi connectivity index (χ2v) is 6.83. The summed E-state index contributed by atoms with van der Waals surface area (Å²) in [6, 6.07) is 4.59. The van der Waals surface area contributed by atoms with Gasteiger partial charge in [0.15, 0.2) is 0 Å². The van der Waals surface area contributed by atoms with Crippen LogP contribution in [0.15, 0.2) is 18.3 Å². The highest BCUT2D eigenvalue weighted by Gasteiger charge is 2.45. The van der Waals surface area contributed by atoms with E-state index in [-0.39, 0.29) is 11.6 Å². The van der Waals surface area contributed by atoms with Crippen molar-refractivity contribution in [1.29, 1.82) is 0 Å². The van der Waals surface area contributed by atoms with Crippen LogP contribution in [0.25, 0.3) is 0 Å². The van der Waals surface area contributed by atoms with Crippen LogP contribution in [0.4, 0.5) is 0 Å². The third-order valence-corrected chi connectivity index (χ3v) is 5.62. The number of nitrogens with two attached hydrogens (primary N) is 1. The van der Waals surface area contributed by atoms with Crippen molar-refractivity contribution < 1.29 is 0 Å². The summed E-state index contributed by atoms with van der Waals surface area (Å²) in [5.41, 5.74) is 9.43. The van der Waals surface area contributed by atoms with Crippen LogP contribution in [0.1, 0.15) is 56.7 Å². The molecule has 1 atom stereocenters. The molecule has 1 saturated carbocycles. The average molecular weight is 287 g/mol. The maximum absolute atomic E-state index is 6.71. The summed E-state index contributed by atoms with van der Waals surface area (Å²) < 4.78 is 0. The largest absolute Gasteiger partial charge is 0.326 e. The molecule has 1 aromatic rings. The first-order valence-electron chi connectivity index (χ1n) is 8.69. The second kappa shape index (κ2) is 6.45. The molecule has 0 radical (unpaired) electrons. The SMILES string of the molecule is CCc1ccc(CC(N)C2(N3CCCC3)CCCC2)nc1. The first kappa shape index (κ1) is 15.0. The number of aryl methyl sites for hydroxylation is 1. The molecule has 3 rings (SSSR count). The van der Waals surface area contributed by atoms with Gasteiger partial charge < -0.3 is 5.73 Å². The Kier molecular flexibility index (Phi) is 4.60. The van der Waals surface area contributed by atoms with Crippen LogP contribution in [-0.2, 0) is 12.8 Å². The second-order valence-electron chi connectivity index (χ2n) is 6.83. The number of pyridine rings is 1. The van der Waals surface area contributed by atoms with E-state index in [1.165, 1.54) is 57.2 Å². The van der Waals surface area contributed by atoms with Crippen molar-refractivity contribution in [3.63, 3.8) is 0 Å². The van der Waals surface area contributed by atoms with Crippen LogP contribution in [0.3, 0.4) is 0 Å². The molecule has 1 saturated heterocycles. The molecule has 1 aliphatic carbocycles. The van der Waals surface area contributed by atoms with Gasteiger partial charge in [0.2, 0.25) is 0 Å². The Morgan fingerprint density at radius 3 is 2.48 bits per heavy atom. The van der Waals surface area contributed by atoms with Gasteiger partial charge in [0.05, 0.1) is 0 Å². The van der Waals surface area contributed by atoms with Crippen LogP contribution < -0.4 is 5.73 Å². The maximum atomic E-state index is 6.71. The van der Waals surface area contributed by atoms with Gasteiger partial charge in [-0.3, -0.25) is 9.88 Å². The normalized spacial score (nSPS) is 23.5. The fourth-order valence-corrected chi connectivity index (χ4v) is 4.27. The zero-order valence-corrected chi connectivity index (χ0v) is 13.4. The minimum atomic E-state index is 0.220. The third kappa shape index (κ3) is 3.00. The van der Waals surface area contributed by atoms with Gasteiger partial charge in [-0.15, -0.1) is 0 Å². The lowest BCUT2D eigenvalue weighted by Crippen LogP contribution is -2.58. The number of hydrogen-bond donors (Lipinski definition) is 1. The highest BCUT2D eigenvalue weighted by molar-refractivity contribution is 5.16. The zero-order chi connectivity index (χ0) is 14.7. The van der Waals surface area contributed by atoms with Gasteiger partial charge >= 0.3 is 0 Å². The van der Waals surface area contributed by atoms with E-state index < -0.39 is 0 Å². The van der Waals surface area contributed by atoms with Crippen molar-refractivity contribution >= 4 is 0 Å². The molecule has 2 heterocycles. The fourth-order valence-electron chi connectivity index (χ4n) is 4.27. The van der Waals surface area contributed by atoms with Crippen LogP contribution in [-0.4, -0.2) is 34.6 Å². The van der Waals surface area contributed by atoms with Crippen molar-refractivity contribution in [2.45, 2.75) is 69.9 Å². The van der Waals surface area contributed by atoms with Crippen molar-refractivity contribution in [3.8, 4) is 0 Å². The van der Waals surface area contributed by atoms with Gasteiger partial charge in [0, 0.05) is 29.9 Å². The molecule has 0 spiro atoms. The summed E-state index contributed by atoms with van der Waals surface area (Å²) in [5.74, 6) is 0. The van der Waals surface area contributed by atoms with E-state index in [4.69, 9.17) is 5.73 Å². The Balaban J connectivity index is 1.73. The van der Waals surface area contributed by atoms with Crippen molar-refractivity contribution in [2.24, 2.45) is 5.73 Å². The van der Waals surface area contributed by atoms with Gasteiger partial charge in [-0.25, -0.2) is 0 Å². The van der Waals surface area contributed by atoms with E-state index in [9.17, 15) is 0 Å². The van der Waals surface area contributed by atoms with E-state index in [0.717, 1.165) is 18.5 Å². The summed E-state index contributed by atoms with van der Waals surface area (Å²) in [7, 11) is 0. The van der Waals surface area contributed by atoms with E-state index in [1.807, 2.05) is 6.20 Å². The first-order chi connectivity index (χ1) is 10.2. The quantitative estimate of drug-likeness (QED) is 0.905. The Bertz CT molecular complexity index is 442. The summed E-state index contributed by atoms with van der Waals surface area (Å²) in [6.45, 7) is 4.66.